The van der Waals surface area contributed by atoms with Gasteiger partial charge in [-0.05, 0) is 18.2 Å². The monoisotopic (exact) mass is 298 g/mol. The van der Waals surface area contributed by atoms with Crippen molar-refractivity contribution < 1.29 is 4.79 Å². The number of nitrogens with zero attached hydrogens (tertiary/aromatic N) is 1. The summed E-state index contributed by atoms with van der Waals surface area (Å²) in [5.41, 5.74) is 2.55. The minimum atomic E-state index is 0.0479. The quantitative estimate of drug-likeness (QED) is 0.735. The van der Waals surface area contributed by atoms with Gasteiger partial charge in [-0.3, -0.25) is 4.79 Å². The van der Waals surface area contributed by atoms with Crippen molar-refractivity contribution in [2.24, 2.45) is 7.05 Å². The number of nitrogens with one attached hydrogen (secondary N) is 1. The highest BCUT2D eigenvalue weighted by atomic mass is 35.5. The second-order valence-electron chi connectivity index (χ2n) is 4.93. The molecule has 0 fully saturated rings. The van der Waals surface area contributed by atoms with Gasteiger partial charge in [-0.15, -0.1) is 0 Å². The molecule has 0 radical (unpaired) electrons. The molecule has 0 saturated carbocycles. The van der Waals surface area contributed by atoms with Gasteiger partial charge in [0.15, 0.2) is 5.78 Å². The van der Waals surface area contributed by atoms with Crippen LogP contribution in [0.25, 0.3) is 10.9 Å². The molecule has 0 aliphatic rings. The van der Waals surface area contributed by atoms with Gasteiger partial charge in [0.25, 0.3) is 0 Å². The van der Waals surface area contributed by atoms with E-state index in [0.29, 0.717) is 5.02 Å². The van der Waals surface area contributed by atoms with E-state index in [2.05, 4.69) is 5.32 Å². The normalized spacial score (nSPS) is 10.8. The van der Waals surface area contributed by atoms with E-state index >= 15 is 0 Å². The second-order valence-corrected chi connectivity index (χ2v) is 5.33. The van der Waals surface area contributed by atoms with Crippen LogP contribution in [-0.2, 0) is 7.05 Å². The highest BCUT2D eigenvalue weighted by molar-refractivity contribution is 6.33. The van der Waals surface area contributed by atoms with Crippen molar-refractivity contribution in [2.75, 3.05) is 11.9 Å². The summed E-state index contributed by atoms with van der Waals surface area (Å²) in [7, 11) is 1.95. The van der Waals surface area contributed by atoms with E-state index < -0.39 is 0 Å². The Balaban J connectivity index is 1.83. The molecule has 0 aliphatic carbocycles. The van der Waals surface area contributed by atoms with E-state index in [1.54, 1.807) is 6.07 Å². The van der Waals surface area contributed by atoms with Gasteiger partial charge in [0, 0.05) is 29.7 Å². The number of anilines is 1. The Labute approximate surface area is 128 Å². The average molecular weight is 299 g/mol. The fourth-order valence-electron chi connectivity index (χ4n) is 2.44. The topological polar surface area (TPSA) is 34.0 Å². The third kappa shape index (κ3) is 2.65. The SMILES string of the molecule is Cn1cc(C(=O)CNc2ccccc2Cl)c2ccccc21. The number of carbonyl (C=O) groups excluding carboxylic acids is 1. The first-order chi connectivity index (χ1) is 10.2. The molecule has 1 aromatic heterocycles. The second kappa shape index (κ2) is 5.62. The van der Waals surface area contributed by atoms with Crippen LogP contribution >= 0.6 is 11.6 Å². The number of hydrogen-bond acceptors (Lipinski definition) is 2. The van der Waals surface area contributed by atoms with Gasteiger partial charge >= 0.3 is 0 Å². The van der Waals surface area contributed by atoms with Crippen LogP contribution in [0.2, 0.25) is 5.02 Å². The molecule has 0 bridgehead atoms. The number of aryl methyl sites for hydroxylation is 1. The summed E-state index contributed by atoms with van der Waals surface area (Å²) < 4.78 is 1.97. The van der Waals surface area contributed by atoms with Gasteiger partial charge in [-0.2, -0.15) is 0 Å². The molecule has 0 unspecified atom stereocenters. The number of ketones is 1. The third-order valence-corrected chi connectivity index (χ3v) is 3.84. The maximum Gasteiger partial charge on any atom is 0.184 e. The van der Waals surface area contributed by atoms with Gasteiger partial charge in [0.1, 0.15) is 0 Å². The van der Waals surface area contributed by atoms with Crippen molar-refractivity contribution in [1.29, 1.82) is 0 Å². The van der Waals surface area contributed by atoms with E-state index in [1.807, 2.05) is 60.3 Å². The first kappa shape index (κ1) is 13.7. The average Bonchev–Trinajstić information content (AvgIpc) is 2.84. The summed E-state index contributed by atoms with van der Waals surface area (Å²) in [6, 6.07) is 15.3. The number of Topliss-reactive ketones (excluding diaryl/α,β-unsaturated/α-hetero) is 1. The largest absolute Gasteiger partial charge is 0.376 e. The number of para-hydroxylation sites is 2. The number of halogens is 1. The van der Waals surface area contributed by atoms with Gasteiger partial charge in [0.05, 0.1) is 17.3 Å². The van der Waals surface area contributed by atoms with Crippen LogP contribution in [0.5, 0.6) is 0 Å². The van der Waals surface area contributed by atoms with E-state index in [0.717, 1.165) is 22.2 Å². The Kier molecular flexibility index (Phi) is 3.67. The Morgan fingerprint density at radius 3 is 2.67 bits per heavy atom. The molecule has 3 nitrogen and oxygen atoms in total. The van der Waals surface area contributed by atoms with Crippen molar-refractivity contribution in [1.82, 2.24) is 4.57 Å². The summed E-state index contributed by atoms with van der Waals surface area (Å²) in [6.07, 6.45) is 1.88. The standard InChI is InChI=1S/C17H15ClN2O/c1-20-11-13(12-6-2-5-9-16(12)20)17(21)10-19-15-8-4-3-7-14(15)18/h2-9,11,19H,10H2,1H3. The maximum absolute atomic E-state index is 12.4. The lowest BCUT2D eigenvalue weighted by Crippen LogP contribution is -2.13. The molecular weight excluding hydrogens is 284 g/mol. The summed E-state index contributed by atoms with van der Waals surface area (Å²) >= 11 is 6.07. The minimum Gasteiger partial charge on any atom is -0.376 e. The van der Waals surface area contributed by atoms with E-state index in [4.69, 9.17) is 11.6 Å². The van der Waals surface area contributed by atoms with Crippen LogP contribution in [0, 0.1) is 0 Å². The lowest BCUT2D eigenvalue weighted by Gasteiger charge is -2.06. The smallest absolute Gasteiger partial charge is 0.184 e. The molecule has 21 heavy (non-hydrogen) atoms. The fraction of sp³-hybridized carbons (Fsp3) is 0.118. The Hall–Kier alpha value is -2.26. The lowest BCUT2D eigenvalue weighted by atomic mass is 10.1. The highest BCUT2D eigenvalue weighted by Crippen LogP contribution is 2.23. The van der Waals surface area contributed by atoms with Crippen LogP contribution in [0.1, 0.15) is 10.4 Å². The van der Waals surface area contributed by atoms with Crippen LogP contribution in [0.3, 0.4) is 0 Å². The van der Waals surface area contributed by atoms with Crippen molar-refractivity contribution in [2.45, 2.75) is 0 Å². The van der Waals surface area contributed by atoms with Gasteiger partial charge < -0.3 is 9.88 Å². The van der Waals surface area contributed by atoms with Crippen molar-refractivity contribution in [3.8, 4) is 0 Å². The Bertz CT molecular complexity index is 807. The zero-order valence-electron chi connectivity index (χ0n) is 11.6. The minimum absolute atomic E-state index is 0.0479. The molecule has 1 heterocycles. The summed E-state index contributed by atoms with van der Waals surface area (Å²) in [6.45, 7) is 0.220. The van der Waals surface area contributed by atoms with Gasteiger partial charge in [-0.1, -0.05) is 41.9 Å². The van der Waals surface area contributed by atoms with E-state index in [1.165, 1.54) is 0 Å². The van der Waals surface area contributed by atoms with Crippen LogP contribution < -0.4 is 5.32 Å². The Morgan fingerprint density at radius 2 is 1.86 bits per heavy atom. The molecule has 3 rings (SSSR count). The van der Waals surface area contributed by atoms with Crippen molar-refractivity contribution >= 4 is 34.0 Å². The van der Waals surface area contributed by atoms with Gasteiger partial charge in [0.2, 0.25) is 0 Å². The molecule has 1 N–H and O–H groups in total. The Morgan fingerprint density at radius 1 is 1.14 bits per heavy atom. The van der Waals surface area contributed by atoms with Crippen LogP contribution in [0.15, 0.2) is 54.7 Å². The molecule has 0 spiro atoms. The fourth-order valence-corrected chi connectivity index (χ4v) is 2.64. The molecule has 0 atom stereocenters. The third-order valence-electron chi connectivity index (χ3n) is 3.51. The predicted octanol–water partition coefficient (Wildman–Crippen LogP) is 4.13. The summed E-state index contributed by atoms with van der Waals surface area (Å²) in [5, 5.41) is 4.69. The molecule has 4 heteroatoms. The van der Waals surface area contributed by atoms with Crippen LogP contribution in [0.4, 0.5) is 5.69 Å². The molecule has 2 aromatic carbocycles. The number of hydrogen-bond donors (Lipinski definition) is 1. The number of carbonyl (C=O) groups is 1. The molecule has 0 aliphatic heterocycles. The molecule has 0 amide bonds. The molecule has 0 saturated heterocycles. The molecule has 3 aromatic rings. The van der Waals surface area contributed by atoms with Gasteiger partial charge in [-0.25, -0.2) is 0 Å². The lowest BCUT2D eigenvalue weighted by molar-refractivity contribution is 0.101. The first-order valence-electron chi connectivity index (χ1n) is 6.72. The first-order valence-corrected chi connectivity index (χ1v) is 7.10. The summed E-state index contributed by atoms with van der Waals surface area (Å²) in [5.74, 6) is 0.0479. The number of benzene rings is 2. The zero-order valence-corrected chi connectivity index (χ0v) is 12.4. The zero-order chi connectivity index (χ0) is 14.8. The number of aromatic nitrogens is 1. The highest BCUT2D eigenvalue weighted by Gasteiger charge is 2.13. The molecule has 106 valence electrons. The van der Waals surface area contributed by atoms with Crippen molar-refractivity contribution in [3.63, 3.8) is 0 Å². The summed E-state index contributed by atoms with van der Waals surface area (Å²) in [4.78, 5) is 12.4. The number of fused-ring (bicyclic) bond motifs is 1. The van der Waals surface area contributed by atoms with Crippen molar-refractivity contribution in [3.05, 3.63) is 65.3 Å². The van der Waals surface area contributed by atoms with Crippen LogP contribution in [-0.4, -0.2) is 16.9 Å². The van der Waals surface area contributed by atoms with E-state index in [-0.39, 0.29) is 12.3 Å². The predicted molar refractivity (Wildman–Crippen MR) is 87.2 cm³/mol. The maximum atomic E-state index is 12.4. The van der Waals surface area contributed by atoms with E-state index in [9.17, 15) is 4.79 Å². The number of rotatable bonds is 4. The molecular formula is C17H15ClN2O.